The van der Waals surface area contributed by atoms with Gasteiger partial charge in [-0.1, -0.05) is 37.8 Å². The predicted molar refractivity (Wildman–Crippen MR) is 80.8 cm³/mol. The maximum absolute atomic E-state index is 5.81. The summed E-state index contributed by atoms with van der Waals surface area (Å²) in [5.41, 5.74) is 2.61. The first-order valence-corrected chi connectivity index (χ1v) is 10.3. The highest BCUT2D eigenvalue weighted by Crippen LogP contribution is 2.19. The van der Waals surface area contributed by atoms with Crippen molar-refractivity contribution in [2.45, 2.75) is 39.3 Å². The first kappa shape index (κ1) is 13.4. The molecule has 0 fully saturated rings. The van der Waals surface area contributed by atoms with Crippen molar-refractivity contribution in [3.8, 4) is 0 Å². The van der Waals surface area contributed by atoms with Gasteiger partial charge in [-0.2, -0.15) is 0 Å². The monoisotopic (exact) mass is 261 g/mol. The smallest absolute Gasteiger partial charge is 0.122 e. The summed E-state index contributed by atoms with van der Waals surface area (Å²) in [5, 5.41) is 1.30. The average molecular weight is 261 g/mol. The van der Waals surface area contributed by atoms with Crippen LogP contribution in [0.1, 0.15) is 5.56 Å². The van der Waals surface area contributed by atoms with Crippen LogP contribution in [0.5, 0.6) is 0 Å². The molecule has 2 aromatic rings. The highest BCUT2D eigenvalue weighted by Gasteiger charge is 2.12. The van der Waals surface area contributed by atoms with Gasteiger partial charge in [0, 0.05) is 20.9 Å². The standard InChI is InChI=1S/C15H23NOSi/c1-13-6-5-7-14-8-9-16(15(13)14)12-17-10-11-18(2,3)4/h5-9H,10-12H2,1-4H3. The summed E-state index contributed by atoms with van der Waals surface area (Å²) in [6, 6.07) is 9.80. The van der Waals surface area contributed by atoms with E-state index in [9.17, 15) is 0 Å². The van der Waals surface area contributed by atoms with Crippen LogP contribution in [0.25, 0.3) is 10.9 Å². The summed E-state index contributed by atoms with van der Waals surface area (Å²) >= 11 is 0. The van der Waals surface area contributed by atoms with Gasteiger partial charge in [0.05, 0.1) is 5.52 Å². The summed E-state index contributed by atoms with van der Waals surface area (Å²) < 4.78 is 8.02. The zero-order valence-corrected chi connectivity index (χ0v) is 12.9. The molecule has 0 amide bonds. The molecule has 3 heteroatoms. The number of ether oxygens (including phenoxy) is 1. The minimum atomic E-state index is -0.978. The quantitative estimate of drug-likeness (QED) is 0.579. The van der Waals surface area contributed by atoms with Crippen LogP contribution in [0.4, 0.5) is 0 Å². The summed E-state index contributed by atoms with van der Waals surface area (Å²) in [4.78, 5) is 0. The van der Waals surface area contributed by atoms with E-state index in [1.54, 1.807) is 0 Å². The van der Waals surface area contributed by atoms with Crippen LogP contribution in [0.2, 0.25) is 25.7 Å². The van der Waals surface area contributed by atoms with E-state index in [0.717, 1.165) is 6.61 Å². The van der Waals surface area contributed by atoms with Gasteiger partial charge in [0.15, 0.2) is 0 Å². The Hall–Kier alpha value is -1.06. The average Bonchev–Trinajstić information content (AvgIpc) is 2.68. The minimum absolute atomic E-state index is 0.666. The van der Waals surface area contributed by atoms with Gasteiger partial charge in [-0.15, -0.1) is 0 Å². The lowest BCUT2D eigenvalue weighted by atomic mass is 10.2. The molecule has 98 valence electrons. The first-order chi connectivity index (χ1) is 8.47. The maximum Gasteiger partial charge on any atom is 0.122 e. The molecule has 0 bridgehead atoms. The van der Waals surface area contributed by atoms with Crippen molar-refractivity contribution in [1.29, 1.82) is 0 Å². The highest BCUT2D eigenvalue weighted by atomic mass is 28.3. The molecule has 0 saturated carbocycles. The van der Waals surface area contributed by atoms with E-state index in [1.165, 1.54) is 22.5 Å². The third-order valence-electron chi connectivity index (χ3n) is 3.22. The molecular weight excluding hydrogens is 238 g/mol. The molecule has 0 aliphatic rings. The molecule has 0 atom stereocenters. The van der Waals surface area contributed by atoms with Crippen molar-refractivity contribution >= 4 is 19.0 Å². The summed E-state index contributed by atoms with van der Waals surface area (Å²) in [6.07, 6.45) is 2.12. The third-order valence-corrected chi connectivity index (χ3v) is 4.92. The van der Waals surface area contributed by atoms with Crippen molar-refractivity contribution < 1.29 is 4.74 Å². The second kappa shape index (κ2) is 5.29. The molecule has 0 spiro atoms. The Balaban J connectivity index is 2.00. The molecule has 0 aliphatic heterocycles. The summed E-state index contributed by atoms with van der Waals surface area (Å²) in [5.74, 6) is 0. The number of fused-ring (bicyclic) bond motifs is 1. The second-order valence-corrected chi connectivity index (χ2v) is 11.8. The topological polar surface area (TPSA) is 14.2 Å². The Bertz CT molecular complexity index is 525. The molecule has 0 radical (unpaired) electrons. The van der Waals surface area contributed by atoms with Crippen LogP contribution in [-0.2, 0) is 11.5 Å². The second-order valence-electron chi connectivity index (χ2n) is 6.15. The largest absolute Gasteiger partial charge is 0.361 e. The number of hydrogen-bond donors (Lipinski definition) is 0. The number of nitrogens with zero attached hydrogens (tertiary/aromatic N) is 1. The van der Waals surface area contributed by atoms with Crippen LogP contribution in [-0.4, -0.2) is 19.2 Å². The van der Waals surface area contributed by atoms with E-state index in [2.05, 4.69) is 61.6 Å². The molecule has 0 unspecified atom stereocenters. The van der Waals surface area contributed by atoms with E-state index in [-0.39, 0.29) is 0 Å². The first-order valence-electron chi connectivity index (χ1n) is 6.59. The van der Waals surface area contributed by atoms with Crippen LogP contribution in [0.15, 0.2) is 30.5 Å². The van der Waals surface area contributed by atoms with Crippen LogP contribution in [0, 0.1) is 6.92 Å². The van der Waals surface area contributed by atoms with Gasteiger partial charge in [-0.25, -0.2) is 0 Å². The molecule has 18 heavy (non-hydrogen) atoms. The number of aryl methyl sites for hydroxylation is 1. The molecule has 1 aromatic carbocycles. The van der Waals surface area contributed by atoms with Crippen molar-refractivity contribution in [3.63, 3.8) is 0 Å². The normalized spacial score (nSPS) is 12.2. The van der Waals surface area contributed by atoms with Crippen molar-refractivity contribution in [3.05, 3.63) is 36.0 Å². The van der Waals surface area contributed by atoms with E-state index in [4.69, 9.17) is 4.74 Å². The fraction of sp³-hybridized carbons (Fsp3) is 0.467. The van der Waals surface area contributed by atoms with Gasteiger partial charge in [-0.3, -0.25) is 0 Å². The SMILES string of the molecule is Cc1cccc2ccn(COCC[Si](C)(C)C)c12. The summed E-state index contributed by atoms with van der Waals surface area (Å²) in [6.45, 7) is 10.8. The van der Waals surface area contributed by atoms with Gasteiger partial charge in [-0.05, 0) is 30.0 Å². The Morgan fingerprint density at radius 2 is 1.94 bits per heavy atom. The number of aromatic nitrogens is 1. The van der Waals surface area contributed by atoms with Crippen LogP contribution >= 0.6 is 0 Å². The van der Waals surface area contributed by atoms with E-state index in [0.29, 0.717) is 6.73 Å². The minimum Gasteiger partial charge on any atom is -0.361 e. The summed E-state index contributed by atoms with van der Waals surface area (Å²) in [7, 11) is -0.978. The fourth-order valence-corrected chi connectivity index (χ4v) is 2.86. The zero-order valence-electron chi connectivity index (χ0n) is 11.9. The van der Waals surface area contributed by atoms with E-state index < -0.39 is 8.07 Å². The Morgan fingerprint density at radius 3 is 2.67 bits per heavy atom. The predicted octanol–water partition coefficient (Wildman–Crippen LogP) is 4.26. The third kappa shape index (κ3) is 3.24. The molecule has 1 aromatic heterocycles. The van der Waals surface area contributed by atoms with E-state index >= 15 is 0 Å². The van der Waals surface area contributed by atoms with Gasteiger partial charge in [0.25, 0.3) is 0 Å². The molecule has 0 N–H and O–H groups in total. The van der Waals surface area contributed by atoms with Crippen LogP contribution < -0.4 is 0 Å². The lowest BCUT2D eigenvalue weighted by Gasteiger charge is -2.16. The Morgan fingerprint density at radius 1 is 1.17 bits per heavy atom. The number of rotatable bonds is 5. The van der Waals surface area contributed by atoms with Gasteiger partial charge in [0.2, 0.25) is 0 Å². The molecule has 0 aliphatic carbocycles. The lowest BCUT2D eigenvalue weighted by molar-refractivity contribution is 0.0902. The number of hydrogen-bond acceptors (Lipinski definition) is 1. The molecule has 1 heterocycles. The fourth-order valence-electron chi connectivity index (χ4n) is 2.10. The van der Waals surface area contributed by atoms with Crippen molar-refractivity contribution in [2.75, 3.05) is 6.61 Å². The highest BCUT2D eigenvalue weighted by molar-refractivity contribution is 6.76. The molecular formula is C15H23NOSi. The lowest BCUT2D eigenvalue weighted by Crippen LogP contribution is -2.22. The van der Waals surface area contributed by atoms with Gasteiger partial charge >= 0.3 is 0 Å². The molecule has 2 rings (SSSR count). The van der Waals surface area contributed by atoms with Crippen molar-refractivity contribution in [1.82, 2.24) is 4.57 Å². The van der Waals surface area contributed by atoms with E-state index in [1.807, 2.05) is 0 Å². The zero-order chi connectivity index (χ0) is 13.2. The molecule has 0 saturated heterocycles. The number of benzene rings is 1. The maximum atomic E-state index is 5.81. The number of para-hydroxylation sites is 1. The van der Waals surface area contributed by atoms with Crippen molar-refractivity contribution in [2.24, 2.45) is 0 Å². The Labute approximate surface area is 111 Å². The van der Waals surface area contributed by atoms with Gasteiger partial charge < -0.3 is 9.30 Å². The molecule has 2 nitrogen and oxygen atoms in total. The Kier molecular flexibility index (Phi) is 3.93. The van der Waals surface area contributed by atoms with Gasteiger partial charge in [0.1, 0.15) is 6.73 Å². The van der Waals surface area contributed by atoms with Crippen LogP contribution in [0.3, 0.4) is 0 Å².